The van der Waals surface area contributed by atoms with E-state index < -0.39 is 0 Å². The predicted molar refractivity (Wildman–Crippen MR) is 73.6 cm³/mol. The first-order valence-electron chi connectivity index (χ1n) is 6.62. The van der Waals surface area contributed by atoms with Crippen molar-refractivity contribution in [1.29, 1.82) is 0 Å². The second kappa shape index (κ2) is 8.15. The summed E-state index contributed by atoms with van der Waals surface area (Å²) in [4.78, 5) is 0. The zero-order valence-corrected chi connectivity index (χ0v) is 10.7. The fraction of sp³-hybridized carbons (Fsp3) is 0.500. The smallest absolute Gasteiger partial charge is 0.0257 e. The van der Waals surface area contributed by atoms with Crippen molar-refractivity contribution >= 4 is 6.08 Å². The summed E-state index contributed by atoms with van der Waals surface area (Å²) in [5.41, 5.74) is 2.82. The van der Waals surface area contributed by atoms with E-state index in [1.54, 1.807) is 0 Å². The third-order valence-corrected chi connectivity index (χ3v) is 2.80. The molecule has 0 heteroatoms. The molecule has 0 aliphatic heterocycles. The molecule has 0 spiro atoms. The Balaban J connectivity index is 2.49. The summed E-state index contributed by atoms with van der Waals surface area (Å²) in [5.74, 6) is 0. The predicted octanol–water partition coefficient (Wildman–Crippen LogP) is 5.23. The molecule has 0 radical (unpaired) electrons. The van der Waals surface area contributed by atoms with Crippen molar-refractivity contribution < 1.29 is 0 Å². The molecule has 0 N–H and O–H groups in total. The average Bonchev–Trinajstić information content (AvgIpc) is 2.33. The minimum Gasteiger partial charge on any atom is -0.0839 e. The van der Waals surface area contributed by atoms with Gasteiger partial charge in [0.05, 0.1) is 0 Å². The lowest BCUT2D eigenvalue weighted by molar-refractivity contribution is 0.795. The molecule has 0 amide bonds. The molecule has 1 aromatic rings. The number of aryl methyl sites for hydroxylation is 1. The van der Waals surface area contributed by atoms with Gasteiger partial charge in [0.2, 0.25) is 0 Å². The van der Waals surface area contributed by atoms with Gasteiger partial charge in [-0.05, 0) is 30.4 Å². The molecule has 1 rings (SSSR count). The molecule has 0 fully saturated rings. The van der Waals surface area contributed by atoms with E-state index in [0.717, 1.165) is 0 Å². The summed E-state index contributed by atoms with van der Waals surface area (Å²) in [6, 6.07) is 8.92. The van der Waals surface area contributed by atoms with Gasteiger partial charge < -0.3 is 0 Å². The number of unbranched alkanes of at least 4 members (excludes halogenated alkanes) is 3. The van der Waals surface area contributed by atoms with E-state index in [1.165, 1.54) is 49.7 Å². The van der Waals surface area contributed by atoms with Crippen molar-refractivity contribution in [3.05, 3.63) is 41.5 Å². The zero-order chi connectivity index (χ0) is 11.6. The Hall–Kier alpha value is -1.04. The van der Waals surface area contributed by atoms with E-state index in [2.05, 4.69) is 50.3 Å². The maximum atomic E-state index is 2.32. The lowest BCUT2D eigenvalue weighted by Gasteiger charge is -2.01. The number of hydrogen-bond acceptors (Lipinski definition) is 0. The zero-order valence-electron chi connectivity index (χ0n) is 10.7. The van der Waals surface area contributed by atoms with Crippen molar-refractivity contribution in [2.24, 2.45) is 0 Å². The van der Waals surface area contributed by atoms with Crippen LogP contribution in [0.4, 0.5) is 0 Å². The molecule has 0 unspecified atom stereocenters. The van der Waals surface area contributed by atoms with Gasteiger partial charge in [0.15, 0.2) is 0 Å². The summed E-state index contributed by atoms with van der Waals surface area (Å²) >= 11 is 0. The highest BCUT2D eigenvalue weighted by Crippen LogP contribution is 2.11. The van der Waals surface area contributed by atoms with Crippen LogP contribution in [-0.2, 0) is 6.42 Å². The quantitative estimate of drug-likeness (QED) is 0.547. The van der Waals surface area contributed by atoms with Gasteiger partial charge in [-0.2, -0.15) is 0 Å². The van der Waals surface area contributed by atoms with E-state index in [9.17, 15) is 0 Å². The fourth-order valence-electron chi connectivity index (χ4n) is 1.77. The molecule has 0 atom stereocenters. The topological polar surface area (TPSA) is 0 Å². The van der Waals surface area contributed by atoms with Crippen LogP contribution < -0.4 is 0 Å². The Morgan fingerprint density at radius 2 is 1.88 bits per heavy atom. The summed E-state index contributed by atoms with van der Waals surface area (Å²) in [6.07, 6.45) is 12.1. The molecule has 0 aliphatic rings. The van der Waals surface area contributed by atoms with Crippen molar-refractivity contribution in [3.8, 4) is 0 Å². The average molecular weight is 216 g/mol. The molecule has 0 nitrogen and oxygen atoms in total. The van der Waals surface area contributed by atoms with Crippen LogP contribution in [0.1, 0.15) is 57.1 Å². The van der Waals surface area contributed by atoms with Crippen molar-refractivity contribution in [2.75, 3.05) is 0 Å². The molecule has 1 aromatic carbocycles. The van der Waals surface area contributed by atoms with E-state index in [1.807, 2.05) is 0 Å². The first-order valence-corrected chi connectivity index (χ1v) is 6.62. The molecular weight excluding hydrogens is 192 g/mol. The molecule has 16 heavy (non-hydrogen) atoms. The first kappa shape index (κ1) is 13.0. The number of allylic oxidation sites excluding steroid dienone is 1. The Labute approximate surface area is 100 Å². The molecular formula is C16H24. The number of hydrogen-bond donors (Lipinski definition) is 0. The summed E-state index contributed by atoms with van der Waals surface area (Å²) < 4.78 is 0. The van der Waals surface area contributed by atoms with Crippen LogP contribution in [0.3, 0.4) is 0 Å². The van der Waals surface area contributed by atoms with Crippen LogP contribution in [0, 0.1) is 0 Å². The molecule has 0 aromatic heterocycles. The maximum absolute atomic E-state index is 2.32. The van der Waals surface area contributed by atoms with Gasteiger partial charge in [-0.25, -0.2) is 0 Å². The Kier molecular flexibility index (Phi) is 6.64. The van der Waals surface area contributed by atoms with Gasteiger partial charge in [0.25, 0.3) is 0 Å². The highest BCUT2D eigenvalue weighted by atomic mass is 14.0. The second-order valence-corrected chi connectivity index (χ2v) is 4.39. The van der Waals surface area contributed by atoms with Crippen LogP contribution in [0.15, 0.2) is 30.3 Å². The Bertz CT molecular complexity index is 310. The van der Waals surface area contributed by atoms with Gasteiger partial charge in [-0.3, -0.25) is 0 Å². The second-order valence-electron chi connectivity index (χ2n) is 4.39. The van der Waals surface area contributed by atoms with Crippen molar-refractivity contribution in [3.63, 3.8) is 0 Å². The van der Waals surface area contributed by atoms with Crippen LogP contribution in [-0.4, -0.2) is 0 Å². The van der Waals surface area contributed by atoms with Crippen LogP contribution in [0.2, 0.25) is 0 Å². The first-order chi connectivity index (χ1) is 7.86. The Morgan fingerprint density at radius 3 is 2.62 bits per heavy atom. The van der Waals surface area contributed by atoms with Crippen molar-refractivity contribution in [1.82, 2.24) is 0 Å². The molecule has 88 valence electrons. The summed E-state index contributed by atoms with van der Waals surface area (Å²) in [6.45, 7) is 4.48. The number of benzene rings is 1. The summed E-state index contributed by atoms with van der Waals surface area (Å²) in [5, 5.41) is 0. The van der Waals surface area contributed by atoms with Gasteiger partial charge in [-0.1, -0.05) is 69.5 Å². The Morgan fingerprint density at radius 1 is 1.06 bits per heavy atom. The van der Waals surface area contributed by atoms with Gasteiger partial charge in [0.1, 0.15) is 0 Å². The van der Waals surface area contributed by atoms with E-state index in [4.69, 9.17) is 0 Å². The molecule has 0 aliphatic carbocycles. The fourth-order valence-corrected chi connectivity index (χ4v) is 1.77. The van der Waals surface area contributed by atoms with Crippen LogP contribution in [0.25, 0.3) is 6.08 Å². The summed E-state index contributed by atoms with van der Waals surface area (Å²) in [7, 11) is 0. The van der Waals surface area contributed by atoms with Gasteiger partial charge >= 0.3 is 0 Å². The highest BCUT2D eigenvalue weighted by molar-refractivity contribution is 5.50. The minimum absolute atomic E-state index is 1.20. The highest BCUT2D eigenvalue weighted by Gasteiger charge is 1.93. The van der Waals surface area contributed by atoms with Crippen LogP contribution >= 0.6 is 0 Å². The molecule has 0 bridgehead atoms. The van der Waals surface area contributed by atoms with Gasteiger partial charge in [-0.15, -0.1) is 0 Å². The maximum Gasteiger partial charge on any atom is -0.0257 e. The molecule has 0 saturated heterocycles. The van der Waals surface area contributed by atoms with E-state index >= 15 is 0 Å². The molecule has 0 heterocycles. The lowest BCUT2D eigenvalue weighted by atomic mass is 10.0. The van der Waals surface area contributed by atoms with Crippen molar-refractivity contribution in [2.45, 2.75) is 52.4 Å². The molecule has 0 saturated carbocycles. The monoisotopic (exact) mass is 216 g/mol. The SMILES string of the molecule is CCCCC=Cc1cccc(CCCC)c1. The largest absolute Gasteiger partial charge is 0.0839 e. The van der Waals surface area contributed by atoms with E-state index in [-0.39, 0.29) is 0 Å². The third-order valence-electron chi connectivity index (χ3n) is 2.80. The number of rotatable bonds is 7. The normalized spacial score (nSPS) is 11.1. The van der Waals surface area contributed by atoms with E-state index in [0.29, 0.717) is 0 Å². The minimum atomic E-state index is 1.20. The third kappa shape index (κ3) is 5.16. The van der Waals surface area contributed by atoms with Gasteiger partial charge in [0, 0.05) is 0 Å². The lowest BCUT2D eigenvalue weighted by Crippen LogP contribution is -1.84. The standard InChI is InChI=1S/C16H24/c1-3-5-7-8-11-16-13-9-12-15(14-16)10-6-4-2/h8-9,11-14H,3-7,10H2,1-2H3. The van der Waals surface area contributed by atoms with Crippen LogP contribution in [0.5, 0.6) is 0 Å².